The SMILES string of the molecule is CC1(C)OB(c2c(CCN)[nH]ccc2=O)OC1(C)C. The molecule has 1 aromatic heterocycles. The number of nitrogens with one attached hydrogen (secondary N) is 1. The molecular formula is C13H21BN2O3. The summed E-state index contributed by atoms with van der Waals surface area (Å²) in [6.45, 7) is 8.32. The van der Waals surface area contributed by atoms with Gasteiger partial charge in [-0.1, -0.05) is 0 Å². The zero-order chi connectivity index (χ0) is 14.3. The van der Waals surface area contributed by atoms with Gasteiger partial charge in [0.2, 0.25) is 0 Å². The molecule has 104 valence electrons. The maximum absolute atomic E-state index is 12.1. The van der Waals surface area contributed by atoms with Crippen LogP contribution in [0.3, 0.4) is 0 Å². The van der Waals surface area contributed by atoms with Crippen LogP contribution in [0.5, 0.6) is 0 Å². The summed E-state index contributed by atoms with van der Waals surface area (Å²) >= 11 is 0. The fraction of sp³-hybridized carbons (Fsp3) is 0.615. The van der Waals surface area contributed by atoms with E-state index in [2.05, 4.69) is 4.98 Å². The Kier molecular flexibility index (Phi) is 3.60. The first-order valence-electron chi connectivity index (χ1n) is 6.54. The molecule has 1 aliphatic heterocycles. The van der Waals surface area contributed by atoms with Crippen molar-refractivity contribution in [3.8, 4) is 0 Å². The van der Waals surface area contributed by atoms with E-state index >= 15 is 0 Å². The molecule has 0 spiro atoms. The third-order valence-electron chi connectivity index (χ3n) is 3.97. The molecular weight excluding hydrogens is 243 g/mol. The van der Waals surface area contributed by atoms with Gasteiger partial charge in [0.15, 0.2) is 5.43 Å². The van der Waals surface area contributed by atoms with Gasteiger partial charge in [0.25, 0.3) is 0 Å². The molecule has 2 rings (SSSR count). The molecule has 1 aliphatic rings. The Morgan fingerprint density at radius 1 is 1.26 bits per heavy atom. The van der Waals surface area contributed by atoms with Crippen molar-refractivity contribution in [1.29, 1.82) is 0 Å². The second-order valence-electron chi connectivity index (χ2n) is 5.86. The zero-order valence-corrected chi connectivity index (χ0v) is 11.9. The van der Waals surface area contributed by atoms with Crippen molar-refractivity contribution in [2.45, 2.75) is 45.3 Å². The standard InChI is InChI=1S/C13H21BN2O3/c1-12(2)13(3,4)19-14(18-12)11-9(5-7-15)16-8-6-10(11)17/h6,8H,5,7,15H2,1-4H3,(H,16,17). The van der Waals surface area contributed by atoms with Gasteiger partial charge in [-0.15, -0.1) is 0 Å². The highest BCUT2D eigenvalue weighted by atomic mass is 16.7. The number of nitrogens with two attached hydrogens (primary N) is 1. The molecule has 0 bridgehead atoms. The number of aromatic amines is 1. The molecule has 1 saturated heterocycles. The minimum absolute atomic E-state index is 0.0827. The summed E-state index contributed by atoms with van der Waals surface area (Å²) in [5.74, 6) is 0. The van der Waals surface area contributed by atoms with Gasteiger partial charge < -0.3 is 20.0 Å². The van der Waals surface area contributed by atoms with E-state index in [9.17, 15) is 4.79 Å². The smallest absolute Gasteiger partial charge is 0.399 e. The van der Waals surface area contributed by atoms with Gasteiger partial charge in [-0.2, -0.15) is 0 Å². The van der Waals surface area contributed by atoms with Crippen LogP contribution in [-0.4, -0.2) is 29.8 Å². The molecule has 0 amide bonds. The van der Waals surface area contributed by atoms with Crippen LogP contribution in [-0.2, 0) is 15.7 Å². The Balaban J connectivity index is 2.42. The van der Waals surface area contributed by atoms with Gasteiger partial charge in [-0.3, -0.25) is 4.79 Å². The van der Waals surface area contributed by atoms with E-state index in [-0.39, 0.29) is 5.43 Å². The molecule has 2 heterocycles. The normalized spacial score (nSPS) is 20.8. The van der Waals surface area contributed by atoms with E-state index in [0.29, 0.717) is 18.4 Å². The van der Waals surface area contributed by atoms with Crippen LogP contribution in [0.1, 0.15) is 33.4 Å². The van der Waals surface area contributed by atoms with E-state index in [4.69, 9.17) is 15.0 Å². The molecule has 3 N–H and O–H groups in total. The molecule has 6 heteroatoms. The van der Waals surface area contributed by atoms with Gasteiger partial charge in [-0.05, 0) is 40.7 Å². The van der Waals surface area contributed by atoms with Crippen molar-refractivity contribution in [3.63, 3.8) is 0 Å². The minimum Gasteiger partial charge on any atom is -0.399 e. The van der Waals surface area contributed by atoms with Crippen LogP contribution in [0.15, 0.2) is 17.1 Å². The summed E-state index contributed by atoms with van der Waals surface area (Å²) in [5.41, 5.74) is 5.90. The van der Waals surface area contributed by atoms with E-state index in [1.54, 1.807) is 6.20 Å². The first kappa shape index (κ1) is 14.3. The van der Waals surface area contributed by atoms with Gasteiger partial charge in [0.05, 0.1) is 11.2 Å². The third kappa shape index (κ3) is 2.48. The summed E-state index contributed by atoms with van der Waals surface area (Å²) in [5, 5.41) is 0. The molecule has 19 heavy (non-hydrogen) atoms. The Bertz CT molecular complexity index is 509. The zero-order valence-electron chi connectivity index (χ0n) is 11.9. The van der Waals surface area contributed by atoms with Gasteiger partial charge in [0, 0.05) is 23.4 Å². The molecule has 0 aliphatic carbocycles. The van der Waals surface area contributed by atoms with E-state index in [1.807, 2.05) is 27.7 Å². The number of hydrogen-bond acceptors (Lipinski definition) is 4. The summed E-state index contributed by atoms with van der Waals surface area (Å²) < 4.78 is 11.9. The fourth-order valence-electron chi connectivity index (χ4n) is 2.10. The van der Waals surface area contributed by atoms with Gasteiger partial charge in [0.1, 0.15) is 0 Å². The average Bonchev–Trinajstić information content (AvgIpc) is 2.48. The Morgan fingerprint density at radius 3 is 2.37 bits per heavy atom. The third-order valence-corrected chi connectivity index (χ3v) is 3.97. The Hall–Kier alpha value is -1.11. The largest absolute Gasteiger partial charge is 0.500 e. The van der Waals surface area contributed by atoms with Gasteiger partial charge >= 0.3 is 7.12 Å². The molecule has 0 unspecified atom stereocenters. The minimum atomic E-state index is -0.642. The highest BCUT2D eigenvalue weighted by Gasteiger charge is 2.52. The van der Waals surface area contributed by atoms with Crippen LogP contribution in [0.25, 0.3) is 0 Å². The van der Waals surface area contributed by atoms with Crippen molar-refractivity contribution in [2.24, 2.45) is 5.73 Å². The highest BCUT2D eigenvalue weighted by molar-refractivity contribution is 6.62. The Labute approximate surface area is 113 Å². The van der Waals surface area contributed by atoms with Crippen LogP contribution in [0.4, 0.5) is 0 Å². The number of hydrogen-bond donors (Lipinski definition) is 2. The van der Waals surface area contributed by atoms with Crippen LogP contribution in [0.2, 0.25) is 0 Å². The topological polar surface area (TPSA) is 77.3 Å². The fourth-order valence-corrected chi connectivity index (χ4v) is 2.10. The van der Waals surface area contributed by atoms with Crippen molar-refractivity contribution in [2.75, 3.05) is 6.54 Å². The first-order valence-corrected chi connectivity index (χ1v) is 6.54. The molecule has 1 aromatic rings. The second kappa shape index (κ2) is 4.78. The summed E-state index contributed by atoms with van der Waals surface area (Å²) in [6, 6.07) is 1.49. The highest BCUT2D eigenvalue weighted by Crippen LogP contribution is 2.36. The molecule has 0 saturated carbocycles. The summed E-state index contributed by atoms with van der Waals surface area (Å²) in [6.07, 6.45) is 2.22. The van der Waals surface area contributed by atoms with Crippen LogP contribution in [0, 0.1) is 0 Å². The number of aromatic nitrogens is 1. The maximum Gasteiger partial charge on any atom is 0.500 e. The number of H-pyrrole nitrogens is 1. The lowest BCUT2D eigenvalue weighted by molar-refractivity contribution is 0.00578. The molecule has 0 aromatic carbocycles. The summed E-state index contributed by atoms with van der Waals surface area (Å²) in [4.78, 5) is 15.2. The van der Waals surface area contributed by atoms with Crippen molar-refractivity contribution >= 4 is 12.6 Å². The maximum atomic E-state index is 12.1. The van der Waals surface area contributed by atoms with Crippen molar-refractivity contribution < 1.29 is 9.31 Å². The lowest BCUT2D eigenvalue weighted by atomic mass is 9.77. The van der Waals surface area contributed by atoms with E-state index < -0.39 is 18.3 Å². The molecule has 5 nitrogen and oxygen atoms in total. The lowest BCUT2D eigenvalue weighted by Crippen LogP contribution is -2.46. The van der Waals surface area contributed by atoms with Crippen LogP contribution >= 0.6 is 0 Å². The molecule has 0 atom stereocenters. The van der Waals surface area contributed by atoms with Crippen molar-refractivity contribution in [3.05, 3.63) is 28.2 Å². The number of pyridine rings is 1. The molecule has 1 fully saturated rings. The van der Waals surface area contributed by atoms with E-state index in [1.165, 1.54) is 6.07 Å². The monoisotopic (exact) mass is 264 g/mol. The predicted molar refractivity (Wildman–Crippen MR) is 75.5 cm³/mol. The Morgan fingerprint density at radius 2 is 1.84 bits per heavy atom. The molecule has 0 radical (unpaired) electrons. The predicted octanol–water partition coefficient (Wildman–Crippen LogP) is 0.175. The van der Waals surface area contributed by atoms with Crippen LogP contribution < -0.4 is 16.6 Å². The second-order valence-corrected chi connectivity index (χ2v) is 5.86. The average molecular weight is 264 g/mol. The quantitative estimate of drug-likeness (QED) is 0.763. The lowest BCUT2D eigenvalue weighted by Gasteiger charge is -2.32. The van der Waals surface area contributed by atoms with Crippen molar-refractivity contribution in [1.82, 2.24) is 4.98 Å². The first-order chi connectivity index (χ1) is 8.78. The summed E-state index contributed by atoms with van der Waals surface area (Å²) in [7, 11) is -0.642. The number of rotatable bonds is 3. The van der Waals surface area contributed by atoms with Gasteiger partial charge in [-0.25, -0.2) is 0 Å². The van der Waals surface area contributed by atoms with E-state index in [0.717, 1.165) is 5.69 Å².